The highest BCUT2D eigenvalue weighted by atomic mass is 16.2. The van der Waals surface area contributed by atoms with Crippen LogP contribution in [0.2, 0.25) is 0 Å². The lowest BCUT2D eigenvalue weighted by molar-refractivity contribution is -0.121. The maximum Gasteiger partial charge on any atom is 0.240 e. The van der Waals surface area contributed by atoms with Gasteiger partial charge in [-0.2, -0.15) is 5.10 Å². The highest BCUT2D eigenvalue weighted by Crippen LogP contribution is 2.10. The first-order valence-corrected chi connectivity index (χ1v) is 8.45. The number of nitrogens with zero attached hydrogens (tertiary/aromatic N) is 1. The number of amides is 1. The Kier molecular flexibility index (Phi) is 8.49. The molecule has 1 aromatic rings. The van der Waals surface area contributed by atoms with Gasteiger partial charge in [-0.1, -0.05) is 51.2 Å². The minimum Gasteiger partial charge on any atom is -0.273 e. The molecule has 22 heavy (non-hydrogen) atoms. The number of hydrazone groups is 1. The molecule has 3 nitrogen and oxygen atoms in total. The van der Waals surface area contributed by atoms with Gasteiger partial charge in [0.2, 0.25) is 5.91 Å². The third-order valence-corrected chi connectivity index (χ3v) is 4.03. The van der Waals surface area contributed by atoms with Crippen LogP contribution in [0.3, 0.4) is 0 Å². The molecule has 0 aliphatic rings. The van der Waals surface area contributed by atoms with Crippen molar-refractivity contribution in [3.05, 3.63) is 34.9 Å². The van der Waals surface area contributed by atoms with E-state index in [0.29, 0.717) is 6.42 Å². The van der Waals surface area contributed by atoms with E-state index in [-0.39, 0.29) is 5.91 Å². The highest BCUT2D eigenvalue weighted by molar-refractivity contribution is 5.99. The Bertz CT molecular complexity index is 506. The van der Waals surface area contributed by atoms with Crippen molar-refractivity contribution in [3.63, 3.8) is 0 Å². The average molecular weight is 302 g/mol. The summed E-state index contributed by atoms with van der Waals surface area (Å²) < 4.78 is 0. The number of carbonyl (C=O) groups is 1. The molecule has 1 amide bonds. The molecule has 1 aromatic carbocycles. The molecule has 0 atom stereocenters. The molecular weight excluding hydrogens is 272 g/mol. The van der Waals surface area contributed by atoms with Gasteiger partial charge >= 0.3 is 0 Å². The smallest absolute Gasteiger partial charge is 0.240 e. The standard InChI is InChI=1S/C19H30N2O/c1-5-6-7-8-9-10-11-19(22)21-20-17(4)18-13-12-15(2)16(3)14-18/h12-14H,5-11H2,1-4H3,(H,21,22). The van der Waals surface area contributed by atoms with Crippen molar-refractivity contribution >= 4 is 11.6 Å². The molecule has 1 N–H and O–H groups in total. The van der Waals surface area contributed by atoms with Crippen molar-refractivity contribution in [1.29, 1.82) is 0 Å². The molecule has 0 aliphatic carbocycles. The van der Waals surface area contributed by atoms with Crippen molar-refractivity contribution < 1.29 is 4.79 Å². The van der Waals surface area contributed by atoms with Crippen LogP contribution in [0.25, 0.3) is 0 Å². The molecule has 3 heteroatoms. The zero-order chi connectivity index (χ0) is 16.4. The molecule has 1 rings (SSSR count). The van der Waals surface area contributed by atoms with E-state index in [1.165, 1.54) is 36.8 Å². The van der Waals surface area contributed by atoms with Crippen LogP contribution < -0.4 is 5.43 Å². The molecule has 0 spiro atoms. The summed E-state index contributed by atoms with van der Waals surface area (Å²) >= 11 is 0. The molecule has 0 unspecified atom stereocenters. The van der Waals surface area contributed by atoms with E-state index in [0.717, 1.165) is 24.1 Å². The van der Waals surface area contributed by atoms with Gasteiger partial charge in [0.05, 0.1) is 5.71 Å². The van der Waals surface area contributed by atoms with Crippen molar-refractivity contribution in [3.8, 4) is 0 Å². The molecule has 0 bridgehead atoms. The molecular formula is C19H30N2O. The van der Waals surface area contributed by atoms with Crippen molar-refractivity contribution in [2.24, 2.45) is 5.10 Å². The first-order chi connectivity index (χ1) is 10.5. The predicted octanol–water partition coefficient (Wildman–Crippen LogP) is 4.89. The Balaban J connectivity index is 2.33. The van der Waals surface area contributed by atoms with E-state index in [2.05, 4.69) is 43.4 Å². The van der Waals surface area contributed by atoms with Crippen LogP contribution >= 0.6 is 0 Å². The number of aryl methyl sites for hydroxylation is 2. The van der Waals surface area contributed by atoms with Gasteiger partial charge in [-0.3, -0.25) is 4.79 Å². The summed E-state index contributed by atoms with van der Waals surface area (Å²) in [7, 11) is 0. The summed E-state index contributed by atoms with van der Waals surface area (Å²) in [6.07, 6.45) is 7.71. The van der Waals surface area contributed by atoms with Crippen LogP contribution in [0.4, 0.5) is 0 Å². The molecule has 0 heterocycles. The summed E-state index contributed by atoms with van der Waals surface area (Å²) in [6.45, 7) is 8.32. The normalized spacial score (nSPS) is 11.5. The fraction of sp³-hybridized carbons (Fsp3) is 0.579. The molecule has 0 saturated heterocycles. The Morgan fingerprint density at radius 2 is 1.73 bits per heavy atom. The summed E-state index contributed by atoms with van der Waals surface area (Å²) in [5.41, 5.74) is 7.08. The van der Waals surface area contributed by atoms with Gasteiger partial charge in [-0.15, -0.1) is 0 Å². The van der Waals surface area contributed by atoms with Gasteiger partial charge < -0.3 is 0 Å². The molecule has 122 valence electrons. The van der Waals surface area contributed by atoms with Crippen LogP contribution in [0.15, 0.2) is 23.3 Å². The van der Waals surface area contributed by atoms with E-state index in [1.54, 1.807) is 0 Å². The number of benzene rings is 1. The topological polar surface area (TPSA) is 41.5 Å². The maximum absolute atomic E-state index is 11.8. The predicted molar refractivity (Wildman–Crippen MR) is 94.3 cm³/mol. The van der Waals surface area contributed by atoms with Gasteiger partial charge in [-0.05, 0) is 49.9 Å². The highest BCUT2D eigenvalue weighted by Gasteiger charge is 2.03. The zero-order valence-electron chi connectivity index (χ0n) is 14.5. The molecule has 0 saturated carbocycles. The fourth-order valence-corrected chi connectivity index (χ4v) is 2.30. The first kappa shape index (κ1) is 18.4. The minimum absolute atomic E-state index is 0.0127. The second-order valence-electron chi connectivity index (χ2n) is 6.05. The van der Waals surface area contributed by atoms with E-state index >= 15 is 0 Å². The van der Waals surface area contributed by atoms with E-state index in [4.69, 9.17) is 0 Å². The number of unbranched alkanes of at least 4 members (excludes halogenated alkanes) is 5. The molecule has 0 radical (unpaired) electrons. The number of rotatable bonds is 9. The van der Waals surface area contributed by atoms with Crippen molar-refractivity contribution in [2.75, 3.05) is 0 Å². The Labute approximate surface area is 135 Å². The summed E-state index contributed by atoms with van der Waals surface area (Å²) in [5, 5.41) is 4.21. The van der Waals surface area contributed by atoms with Crippen LogP contribution in [0, 0.1) is 13.8 Å². The van der Waals surface area contributed by atoms with Crippen LogP contribution in [0.1, 0.15) is 75.5 Å². The minimum atomic E-state index is 0.0127. The number of hydrogen-bond acceptors (Lipinski definition) is 2. The van der Waals surface area contributed by atoms with Gasteiger partial charge in [-0.25, -0.2) is 5.43 Å². The zero-order valence-corrected chi connectivity index (χ0v) is 14.5. The van der Waals surface area contributed by atoms with Gasteiger partial charge in [0, 0.05) is 6.42 Å². The lowest BCUT2D eigenvalue weighted by atomic mass is 10.0. The summed E-state index contributed by atoms with van der Waals surface area (Å²) in [4.78, 5) is 11.8. The molecule has 0 fully saturated rings. The second kappa shape index (κ2) is 10.1. The lowest BCUT2D eigenvalue weighted by Gasteiger charge is -2.06. The summed E-state index contributed by atoms with van der Waals surface area (Å²) in [5.74, 6) is 0.0127. The fourth-order valence-electron chi connectivity index (χ4n) is 2.30. The quantitative estimate of drug-likeness (QED) is 0.394. The third-order valence-electron chi connectivity index (χ3n) is 4.03. The third kappa shape index (κ3) is 6.88. The number of hydrogen-bond donors (Lipinski definition) is 1. The first-order valence-electron chi connectivity index (χ1n) is 8.45. The van der Waals surface area contributed by atoms with Gasteiger partial charge in [0.25, 0.3) is 0 Å². The van der Waals surface area contributed by atoms with E-state index in [1.807, 2.05) is 13.0 Å². The van der Waals surface area contributed by atoms with Crippen LogP contribution in [-0.2, 0) is 4.79 Å². The van der Waals surface area contributed by atoms with Crippen molar-refractivity contribution in [1.82, 2.24) is 5.43 Å². The van der Waals surface area contributed by atoms with Crippen LogP contribution in [-0.4, -0.2) is 11.6 Å². The summed E-state index contributed by atoms with van der Waals surface area (Å²) in [6, 6.07) is 6.23. The molecule has 0 aliphatic heterocycles. The van der Waals surface area contributed by atoms with Crippen LogP contribution in [0.5, 0.6) is 0 Å². The van der Waals surface area contributed by atoms with Gasteiger partial charge in [0.15, 0.2) is 0 Å². The molecule has 0 aromatic heterocycles. The maximum atomic E-state index is 11.8. The van der Waals surface area contributed by atoms with Crippen molar-refractivity contribution in [2.45, 2.75) is 72.6 Å². The Morgan fingerprint density at radius 1 is 1.05 bits per heavy atom. The van der Waals surface area contributed by atoms with E-state index < -0.39 is 0 Å². The monoisotopic (exact) mass is 302 g/mol. The van der Waals surface area contributed by atoms with Gasteiger partial charge in [0.1, 0.15) is 0 Å². The average Bonchev–Trinajstić information content (AvgIpc) is 2.51. The number of carbonyl (C=O) groups excluding carboxylic acids is 1. The second-order valence-corrected chi connectivity index (χ2v) is 6.05. The number of nitrogens with one attached hydrogen (secondary N) is 1. The Hall–Kier alpha value is -1.64. The largest absolute Gasteiger partial charge is 0.273 e. The Morgan fingerprint density at radius 3 is 2.41 bits per heavy atom. The van der Waals surface area contributed by atoms with E-state index in [9.17, 15) is 4.79 Å². The lowest BCUT2D eigenvalue weighted by Crippen LogP contribution is -2.18. The SMILES string of the molecule is CCCCCCCCC(=O)NN=C(C)c1ccc(C)c(C)c1.